The van der Waals surface area contributed by atoms with Gasteiger partial charge in [-0.15, -0.1) is 0 Å². The summed E-state index contributed by atoms with van der Waals surface area (Å²) in [5.41, 5.74) is 0.776. The van der Waals surface area contributed by atoms with Gasteiger partial charge in [0.15, 0.2) is 0 Å². The fourth-order valence-corrected chi connectivity index (χ4v) is 2.40. The Bertz CT molecular complexity index is 702. The van der Waals surface area contributed by atoms with Gasteiger partial charge in [0.25, 0.3) is 0 Å². The molecule has 0 aliphatic carbocycles. The van der Waals surface area contributed by atoms with Crippen LogP contribution in [-0.2, 0) is 4.79 Å². The van der Waals surface area contributed by atoms with Crippen LogP contribution in [0.3, 0.4) is 0 Å². The van der Waals surface area contributed by atoms with Crippen molar-refractivity contribution in [3.05, 3.63) is 65.5 Å². The lowest BCUT2D eigenvalue weighted by Crippen LogP contribution is -2.33. The Morgan fingerprint density at radius 1 is 1.00 bits per heavy atom. The van der Waals surface area contributed by atoms with Gasteiger partial charge in [-0.3, -0.25) is 4.79 Å². The average molecular weight is 336 g/mol. The van der Waals surface area contributed by atoms with Crippen LogP contribution in [0, 0.1) is 23.4 Å². The summed E-state index contributed by atoms with van der Waals surface area (Å²) < 4.78 is 39.4. The second kappa shape index (κ2) is 7.97. The van der Waals surface area contributed by atoms with E-state index >= 15 is 0 Å². The van der Waals surface area contributed by atoms with Gasteiger partial charge in [0.2, 0.25) is 5.91 Å². The smallest absolute Gasteiger partial charge is 0.238 e. The maximum Gasteiger partial charge on any atom is 0.238 e. The highest BCUT2D eigenvalue weighted by Gasteiger charge is 2.17. The molecule has 1 atom stereocenters. The fraction of sp³-hybridized carbons (Fsp3) is 0.278. The van der Waals surface area contributed by atoms with Gasteiger partial charge in [-0.25, -0.2) is 13.2 Å². The molecule has 0 saturated heterocycles. The maximum atomic E-state index is 13.5. The zero-order valence-corrected chi connectivity index (χ0v) is 13.4. The molecule has 0 aromatic heterocycles. The number of hydrogen-bond donors (Lipinski definition) is 2. The number of hydrogen-bond acceptors (Lipinski definition) is 2. The van der Waals surface area contributed by atoms with Crippen molar-refractivity contribution >= 4 is 11.6 Å². The first-order valence-electron chi connectivity index (χ1n) is 7.60. The molecule has 0 bridgehead atoms. The van der Waals surface area contributed by atoms with Crippen LogP contribution in [-0.4, -0.2) is 12.5 Å². The minimum absolute atomic E-state index is 0.0585. The molecule has 0 radical (unpaired) electrons. The minimum atomic E-state index is -0.831. The Kier molecular flexibility index (Phi) is 5.98. The van der Waals surface area contributed by atoms with Gasteiger partial charge in [0, 0.05) is 12.1 Å². The predicted molar refractivity (Wildman–Crippen MR) is 87.0 cm³/mol. The zero-order valence-electron chi connectivity index (χ0n) is 13.4. The second-order valence-electron chi connectivity index (χ2n) is 5.83. The van der Waals surface area contributed by atoms with E-state index < -0.39 is 17.5 Å². The first kappa shape index (κ1) is 18.0. The van der Waals surface area contributed by atoms with Gasteiger partial charge >= 0.3 is 0 Å². The van der Waals surface area contributed by atoms with Crippen LogP contribution < -0.4 is 10.6 Å². The lowest BCUT2D eigenvalue weighted by Gasteiger charge is -2.23. The number of anilines is 1. The van der Waals surface area contributed by atoms with E-state index in [1.807, 2.05) is 13.8 Å². The molecule has 0 fully saturated rings. The van der Waals surface area contributed by atoms with Crippen molar-refractivity contribution < 1.29 is 18.0 Å². The van der Waals surface area contributed by atoms with Crippen LogP contribution in [0.1, 0.15) is 25.5 Å². The molecule has 2 N–H and O–H groups in total. The summed E-state index contributed by atoms with van der Waals surface area (Å²) in [6.45, 7) is 3.88. The summed E-state index contributed by atoms with van der Waals surface area (Å²) in [7, 11) is 0. The minimum Gasteiger partial charge on any atom is -0.322 e. The predicted octanol–water partition coefficient (Wildman–Crippen LogP) is 4.03. The van der Waals surface area contributed by atoms with E-state index in [1.54, 1.807) is 12.1 Å². The van der Waals surface area contributed by atoms with Gasteiger partial charge in [0.05, 0.1) is 12.2 Å². The number of carbonyl (C=O) groups is 1. The number of amides is 1. The summed E-state index contributed by atoms with van der Waals surface area (Å²) in [4.78, 5) is 12.0. The summed E-state index contributed by atoms with van der Waals surface area (Å²) in [6, 6.07) is 8.83. The van der Waals surface area contributed by atoms with E-state index in [0.717, 1.165) is 11.6 Å². The number of nitrogens with one attached hydrogen (secondary N) is 2. The van der Waals surface area contributed by atoms with E-state index in [9.17, 15) is 18.0 Å². The van der Waals surface area contributed by atoms with E-state index in [1.165, 1.54) is 18.2 Å². The summed E-state index contributed by atoms with van der Waals surface area (Å²) in [5.74, 6) is -2.16. The number of benzene rings is 2. The first-order chi connectivity index (χ1) is 11.4. The largest absolute Gasteiger partial charge is 0.322 e. The molecule has 2 aromatic rings. The van der Waals surface area contributed by atoms with Crippen LogP contribution in [0.25, 0.3) is 0 Å². The summed E-state index contributed by atoms with van der Waals surface area (Å²) in [6.07, 6.45) is 0. The van der Waals surface area contributed by atoms with Crippen molar-refractivity contribution in [2.45, 2.75) is 19.9 Å². The summed E-state index contributed by atoms with van der Waals surface area (Å²) >= 11 is 0. The molecular formula is C18H19F3N2O. The monoisotopic (exact) mass is 336 g/mol. The van der Waals surface area contributed by atoms with Crippen molar-refractivity contribution in [1.82, 2.24) is 5.32 Å². The Balaban J connectivity index is 1.98. The molecule has 0 spiro atoms. The van der Waals surface area contributed by atoms with E-state index in [-0.39, 0.29) is 30.0 Å². The number of rotatable bonds is 6. The Labute approximate surface area is 138 Å². The third kappa shape index (κ3) is 4.83. The molecular weight excluding hydrogens is 317 g/mol. The molecule has 6 heteroatoms. The first-order valence-corrected chi connectivity index (χ1v) is 7.60. The SMILES string of the molecule is CC(C)[C@@H](NCC(=O)Nc1ccc(F)cc1F)c1ccc(F)cc1. The van der Waals surface area contributed by atoms with Gasteiger partial charge in [-0.1, -0.05) is 26.0 Å². The number of carbonyl (C=O) groups excluding carboxylic acids is 1. The fourth-order valence-electron chi connectivity index (χ4n) is 2.40. The van der Waals surface area contributed by atoms with Crippen molar-refractivity contribution in [2.24, 2.45) is 5.92 Å². The number of halogens is 3. The van der Waals surface area contributed by atoms with E-state index in [2.05, 4.69) is 10.6 Å². The van der Waals surface area contributed by atoms with Crippen molar-refractivity contribution in [3.63, 3.8) is 0 Å². The molecule has 1 amide bonds. The van der Waals surface area contributed by atoms with Crippen LogP contribution in [0.15, 0.2) is 42.5 Å². The lowest BCUT2D eigenvalue weighted by atomic mass is 9.96. The van der Waals surface area contributed by atoms with Gasteiger partial charge < -0.3 is 10.6 Å². The highest BCUT2D eigenvalue weighted by Crippen LogP contribution is 2.22. The summed E-state index contributed by atoms with van der Waals surface area (Å²) in [5, 5.41) is 5.46. The standard InChI is InChI=1S/C18H19F3N2O/c1-11(2)18(12-3-5-13(19)6-4-12)22-10-17(24)23-16-8-7-14(20)9-15(16)21/h3-9,11,18,22H,10H2,1-2H3,(H,23,24)/t18-/m1/s1. The Morgan fingerprint density at radius 2 is 1.62 bits per heavy atom. The Hall–Kier alpha value is -2.34. The molecule has 2 rings (SSSR count). The molecule has 0 saturated carbocycles. The molecule has 0 heterocycles. The van der Waals surface area contributed by atoms with Gasteiger partial charge in [-0.05, 0) is 35.7 Å². The molecule has 0 aliphatic rings. The zero-order chi connectivity index (χ0) is 17.7. The highest BCUT2D eigenvalue weighted by molar-refractivity contribution is 5.92. The normalized spacial score (nSPS) is 12.2. The van der Waals surface area contributed by atoms with Crippen LogP contribution in [0.4, 0.5) is 18.9 Å². The molecule has 2 aromatic carbocycles. The molecule has 0 unspecified atom stereocenters. The van der Waals surface area contributed by atoms with Crippen LogP contribution in [0.2, 0.25) is 0 Å². The van der Waals surface area contributed by atoms with E-state index in [4.69, 9.17) is 0 Å². The molecule has 3 nitrogen and oxygen atoms in total. The maximum absolute atomic E-state index is 13.5. The molecule has 0 aliphatic heterocycles. The third-order valence-corrected chi connectivity index (χ3v) is 3.58. The highest BCUT2D eigenvalue weighted by atomic mass is 19.1. The lowest BCUT2D eigenvalue weighted by molar-refractivity contribution is -0.115. The van der Waals surface area contributed by atoms with Gasteiger partial charge in [-0.2, -0.15) is 0 Å². The van der Waals surface area contributed by atoms with Crippen LogP contribution >= 0.6 is 0 Å². The molecule has 128 valence electrons. The van der Waals surface area contributed by atoms with Crippen LogP contribution in [0.5, 0.6) is 0 Å². The third-order valence-electron chi connectivity index (χ3n) is 3.58. The van der Waals surface area contributed by atoms with Crippen molar-refractivity contribution in [1.29, 1.82) is 0 Å². The Morgan fingerprint density at radius 3 is 2.21 bits per heavy atom. The quantitative estimate of drug-likeness (QED) is 0.836. The van der Waals surface area contributed by atoms with E-state index in [0.29, 0.717) is 6.07 Å². The van der Waals surface area contributed by atoms with Crippen molar-refractivity contribution in [2.75, 3.05) is 11.9 Å². The topological polar surface area (TPSA) is 41.1 Å². The second-order valence-corrected chi connectivity index (χ2v) is 5.83. The van der Waals surface area contributed by atoms with Crippen molar-refractivity contribution in [3.8, 4) is 0 Å². The average Bonchev–Trinajstić information content (AvgIpc) is 2.52. The van der Waals surface area contributed by atoms with Gasteiger partial charge in [0.1, 0.15) is 17.5 Å². The molecule has 24 heavy (non-hydrogen) atoms.